The number of nitrogens with zero attached hydrogens (tertiary/aromatic N) is 6. The van der Waals surface area contributed by atoms with Gasteiger partial charge in [0.15, 0.2) is 5.65 Å². The highest BCUT2D eigenvalue weighted by Gasteiger charge is 2.14. The number of aromatic nitrogens is 4. The molecular weight excluding hydrogens is 366 g/mol. The number of nitrogen functional groups attached to an aromatic ring is 1. The number of benzene rings is 1. The third kappa shape index (κ3) is 3.61. The Balaban J connectivity index is 1.63. The van der Waals surface area contributed by atoms with Crippen LogP contribution in [0.15, 0.2) is 60.8 Å². The van der Waals surface area contributed by atoms with Gasteiger partial charge < -0.3 is 10.6 Å². The SMILES string of the molecule is CC(=O)N(Cc1ccc(C#N)nc1)c1ccc(-c2cccc3nc(N)nn23)cc1. The van der Waals surface area contributed by atoms with Crippen LogP contribution in [0.25, 0.3) is 16.9 Å². The zero-order valence-electron chi connectivity index (χ0n) is 15.6. The van der Waals surface area contributed by atoms with Gasteiger partial charge >= 0.3 is 0 Å². The molecule has 3 aromatic heterocycles. The first-order valence-corrected chi connectivity index (χ1v) is 8.90. The van der Waals surface area contributed by atoms with Gasteiger partial charge in [0.1, 0.15) is 11.8 Å². The molecule has 0 spiro atoms. The first-order chi connectivity index (χ1) is 14.0. The maximum absolute atomic E-state index is 12.2. The molecule has 142 valence electrons. The number of nitrogens with two attached hydrogens (primary N) is 1. The van der Waals surface area contributed by atoms with Crippen LogP contribution in [0.3, 0.4) is 0 Å². The van der Waals surface area contributed by atoms with Crippen molar-refractivity contribution >= 4 is 23.2 Å². The maximum Gasteiger partial charge on any atom is 0.240 e. The lowest BCUT2D eigenvalue weighted by Gasteiger charge is -2.21. The summed E-state index contributed by atoms with van der Waals surface area (Å²) in [5, 5.41) is 13.1. The average Bonchev–Trinajstić information content (AvgIpc) is 3.12. The number of anilines is 2. The van der Waals surface area contributed by atoms with Crippen LogP contribution in [0.1, 0.15) is 18.2 Å². The van der Waals surface area contributed by atoms with Crippen molar-refractivity contribution in [3.63, 3.8) is 0 Å². The first-order valence-electron chi connectivity index (χ1n) is 8.90. The summed E-state index contributed by atoms with van der Waals surface area (Å²) >= 11 is 0. The summed E-state index contributed by atoms with van der Waals surface area (Å²) in [6, 6.07) is 18.7. The minimum Gasteiger partial charge on any atom is -0.366 e. The largest absolute Gasteiger partial charge is 0.366 e. The van der Waals surface area contributed by atoms with Gasteiger partial charge in [-0.3, -0.25) is 4.79 Å². The first kappa shape index (κ1) is 18.1. The fourth-order valence-corrected chi connectivity index (χ4v) is 3.10. The molecule has 0 aliphatic carbocycles. The Labute approximate surface area is 166 Å². The van der Waals surface area contributed by atoms with Gasteiger partial charge in [0.05, 0.1) is 12.2 Å². The van der Waals surface area contributed by atoms with Crippen LogP contribution in [0.4, 0.5) is 11.6 Å². The van der Waals surface area contributed by atoms with Crippen LogP contribution in [0, 0.1) is 11.3 Å². The summed E-state index contributed by atoms with van der Waals surface area (Å²) < 4.78 is 1.69. The van der Waals surface area contributed by atoms with E-state index in [1.807, 2.05) is 48.5 Å². The fraction of sp³-hybridized carbons (Fsp3) is 0.0952. The molecule has 0 atom stereocenters. The number of amides is 1. The third-order valence-electron chi connectivity index (χ3n) is 4.51. The Morgan fingerprint density at radius 2 is 1.97 bits per heavy atom. The molecule has 8 heteroatoms. The zero-order chi connectivity index (χ0) is 20.4. The molecule has 0 unspecified atom stereocenters. The Bertz CT molecular complexity index is 1220. The van der Waals surface area contributed by atoms with Crippen molar-refractivity contribution < 1.29 is 4.79 Å². The molecule has 1 aromatic carbocycles. The summed E-state index contributed by atoms with van der Waals surface area (Å²) in [7, 11) is 0. The molecule has 2 N–H and O–H groups in total. The van der Waals surface area contributed by atoms with E-state index >= 15 is 0 Å². The van der Waals surface area contributed by atoms with Crippen LogP contribution in [0.5, 0.6) is 0 Å². The molecule has 0 bridgehead atoms. The second kappa shape index (κ2) is 7.40. The molecule has 8 nitrogen and oxygen atoms in total. The number of pyridine rings is 2. The van der Waals surface area contributed by atoms with Crippen molar-refractivity contribution in [2.45, 2.75) is 13.5 Å². The Morgan fingerprint density at radius 3 is 2.62 bits per heavy atom. The van der Waals surface area contributed by atoms with E-state index in [1.54, 1.807) is 27.7 Å². The van der Waals surface area contributed by atoms with Crippen molar-refractivity contribution in [3.05, 3.63) is 72.1 Å². The van der Waals surface area contributed by atoms with E-state index in [9.17, 15) is 4.79 Å². The summed E-state index contributed by atoms with van der Waals surface area (Å²) in [6.07, 6.45) is 1.61. The average molecular weight is 383 g/mol. The van der Waals surface area contributed by atoms with E-state index < -0.39 is 0 Å². The van der Waals surface area contributed by atoms with Crippen LogP contribution in [-0.4, -0.2) is 25.5 Å². The van der Waals surface area contributed by atoms with Gasteiger partial charge in [0.2, 0.25) is 11.9 Å². The van der Waals surface area contributed by atoms with Crippen molar-refractivity contribution in [2.75, 3.05) is 10.6 Å². The van der Waals surface area contributed by atoms with Gasteiger partial charge in [0, 0.05) is 24.4 Å². The van der Waals surface area contributed by atoms with Crippen LogP contribution in [0.2, 0.25) is 0 Å². The van der Waals surface area contributed by atoms with Crippen LogP contribution >= 0.6 is 0 Å². The predicted octanol–water partition coefficient (Wildman–Crippen LogP) is 2.80. The number of carbonyl (C=O) groups is 1. The number of nitriles is 1. The lowest BCUT2D eigenvalue weighted by molar-refractivity contribution is -0.116. The summed E-state index contributed by atoms with van der Waals surface area (Å²) in [5.74, 6) is 0.126. The van der Waals surface area contributed by atoms with Gasteiger partial charge in [-0.05, 0) is 35.9 Å². The molecule has 0 fully saturated rings. The highest BCUT2D eigenvalue weighted by atomic mass is 16.2. The molecule has 1 amide bonds. The Morgan fingerprint density at radius 1 is 1.17 bits per heavy atom. The molecule has 0 saturated carbocycles. The number of fused-ring (bicyclic) bond motifs is 1. The summed E-state index contributed by atoms with van der Waals surface area (Å²) in [6.45, 7) is 1.88. The minimum absolute atomic E-state index is 0.0896. The molecule has 0 aliphatic rings. The zero-order valence-corrected chi connectivity index (χ0v) is 15.6. The molecule has 0 saturated heterocycles. The number of hydrogen-bond acceptors (Lipinski definition) is 6. The van der Waals surface area contributed by atoms with Crippen LogP contribution < -0.4 is 10.6 Å². The van der Waals surface area contributed by atoms with Crippen LogP contribution in [-0.2, 0) is 11.3 Å². The molecule has 0 radical (unpaired) electrons. The highest BCUT2D eigenvalue weighted by molar-refractivity contribution is 5.91. The van der Waals surface area contributed by atoms with Gasteiger partial charge in [-0.25, -0.2) is 9.50 Å². The number of carbonyl (C=O) groups excluding carboxylic acids is 1. The van der Waals surface area contributed by atoms with Crippen molar-refractivity contribution in [1.82, 2.24) is 19.6 Å². The normalized spacial score (nSPS) is 10.6. The van der Waals surface area contributed by atoms with E-state index in [1.165, 1.54) is 6.92 Å². The van der Waals surface area contributed by atoms with Crippen molar-refractivity contribution in [1.29, 1.82) is 5.26 Å². The van der Waals surface area contributed by atoms with Gasteiger partial charge in [-0.1, -0.05) is 24.3 Å². The van der Waals surface area contributed by atoms with Gasteiger partial charge in [-0.15, -0.1) is 5.10 Å². The molecule has 4 aromatic rings. The fourth-order valence-electron chi connectivity index (χ4n) is 3.10. The lowest BCUT2D eigenvalue weighted by atomic mass is 10.1. The molecule has 3 heterocycles. The van der Waals surface area contributed by atoms with Crippen molar-refractivity contribution in [2.24, 2.45) is 0 Å². The third-order valence-corrected chi connectivity index (χ3v) is 4.51. The summed E-state index contributed by atoms with van der Waals surface area (Å²) in [5.41, 5.74) is 10.1. The molecule has 0 aliphatic heterocycles. The second-order valence-electron chi connectivity index (χ2n) is 6.47. The Hall–Kier alpha value is -4.25. The molecule has 4 rings (SSSR count). The topological polar surface area (TPSA) is 113 Å². The number of rotatable bonds is 4. The second-order valence-corrected chi connectivity index (χ2v) is 6.47. The predicted molar refractivity (Wildman–Crippen MR) is 109 cm³/mol. The molecule has 29 heavy (non-hydrogen) atoms. The number of hydrogen-bond donors (Lipinski definition) is 1. The smallest absolute Gasteiger partial charge is 0.240 e. The van der Waals surface area contributed by atoms with E-state index in [0.717, 1.165) is 22.5 Å². The highest BCUT2D eigenvalue weighted by Crippen LogP contribution is 2.25. The Kier molecular flexibility index (Phi) is 4.63. The van der Waals surface area contributed by atoms with Crippen molar-refractivity contribution in [3.8, 4) is 17.3 Å². The monoisotopic (exact) mass is 383 g/mol. The molecular formula is C21H17N7O. The lowest BCUT2D eigenvalue weighted by Crippen LogP contribution is -2.27. The van der Waals surface area contributed by atoms with E-state index in [2.05, 4.69) is 15.1 Å². The van der Waals surface area contributed by atoms with Gasteiger partial charge in [-0.2, -0.15) is 10.2 Å². The van der Waals surface area contributed by atoms with E-state index in [-0.39, 0.29) is 11.9 Å². The van der Waals surface area contributed by atoms with Gasteiger partial charge in [0.25, 0.3) is 0 Å². The minimum atomic E-state index is -0.0896. The van der Waals surface area contributed by atoms with E-state index in [4.69, 9.17) is 11.0 Å². The quantitative estimate of drug-likeness (QED) is 0.580. The van der Waals surface area contributed by atoms with E-state index in [0.29, 0.717) is 17.9 Å². The standard InChI is InChI=1S/C21H17N7O/c1-14(29)27(13-15-5-8-17(11-22)24-12-15)18-9-6-16(7-10-18)19-3-2-4-20-25-21(23)26-28(19)20/h2-10,12H,13H2,1H3,(H2,23,26). The maximum atomic E-state index is 12.2. The summed E-state index contributed by atoms with van der Waals surface area (Å²) in [4.78, 5) is 22.1.